The quantitative estimate of drug-likeness (QED) is 0.906. The molecule has 2 rings (SSSR count). The molecule has 112 valence electrons. The molecular formula is C14H20Cl2N2O2. The van der Waals surface area contributed by atoms with Crippen LogP contribution in [0.3, 0.4) is 0 Å². The molecule has 4 nitrogen and oxygen atoms in total. The molecule has 0 radical (unpaired) electrons. The molecule has 6 heteroatoms. The Morgan fingerprint density at radius 2 is 2.25 bits per heavy atom. The van der Waals surface area contributed by atoms with Crippen LogP contribution in [0.2, 0.25) is 5.02 Å². The van der Waals surface area contributed by atoms with Gasteiger partial charge < -0.3 is 15.0 Å². The second kappa shape index (κ2) is 8.35. The molecule has 0 bridgehead atoms. The van der Waals surface area contributed by atoms with Crippen molar-refractivity contribution < 1.29 is 9.53 Å². The highest BCUT2D eigenvalue weighted by molar-refractivity contribution is 6.32. The van der Waals surface area contributed by atoms with Crippen LogP contribution in [0.25, 0.3) is 0 Å². The highest BCUT2D eigenvalue weighted by atomic mass is 35.5. The molecular weight excluding hydrogens is 299 g/mol. The second-order valence-corrected chi connectivity index (χ2v) is 5.09. The van der Waals surface area contributed by atoms with E-state index in [1.54, 1.807) is 18.0 Å². The Hall–Kier alpha value is -0.970. The van der Waals surface area contributed by atoms with Crippen LogP contribution in [0.15, 0.2) is 24.3 Å². The number of hydrogen-bond acceptors (Lipinski definition) is 3. The van der Waals surface area contributed by atoms with E-state index in [4.69, 9.17) is 16.3 Å². The molecule has 0 saturated carbocycles. The van der Waals surface area contributed by atoms with Crippen LogP contribution >= 0.6 is 24.0 Å². The van der Waals surface area contributed by atoms with Gasteiger partial charge in [0.1, 0.15) is 12.4 Å². The number of nitrogens with one attached hydrogen (secondary N) is 1. The van der Waals surface area contributed by atoms with Crippen molar-refractivity contribution in [2.24, 2.45) is 0 Å². The van der Waals surface area contributed by atoms with Crippen LogP contribution < -0.4 is 10.1 Å². The van der Waals surface area contributed by atoms with Crippen molar-refractivity contribution in [1.82, 2.24) is 10.2 Å². The van der Waals surface area contributed by atoms with Crippen molar-refractivity contribution in [2.75, 3.05) is 26.7 Å². The van der Waals surface area contributed by atoms with Gasteiger partial charge in [-0.1, -0.05) is 23.7 Å². The van der Waals surface area contributed by atoms with Crippen molar-refractivity contribution in [1.29, 1.82) is 0 Å². The molecule has 1 fully saturated rings. The molecule has 1 heterocycles. The lowest BCUT2D eigenvalue weighted by Gasteiger charge is -2.21. The van der Waals surface area contributed by atoms with E-state index in [-0.39, 0.29) is 24.4 Å². The SMILES string of the molecule is CN(CCOc1ccccc1Cl)C(=O)[C@@H]1CCCN1.Cl. The number of amides is 1. The monoisotopic (exact) mass is 318 g/mol. The number of benzene rings is 1. The number of hydrogen-bond donors (Lipinski definition) is 1. The van der Waals surface area contributed by atoms with E-state index in [1.165, 1.54) is 0 Å². The van der Waals surface area contributed by atoms with Crippen LogP contribution in [0.1, 0.15) is 12.8 Å². The van der Waals surface area contributed by atoms with Crippen molar-refractivity contribution in [3.63, 3.8) is 0 Å². The summed E-state index contributed by atoms with van der Waals surface area (Å²) in [5, 5.41) is 3.79. The molecule has 1 aliphatic heterocycles. The third-order valence-corrected chi connectivity index (χ3v) is 3.57. The number of para-hydroxylation sites is 1. The molecule has 1 atom stereocenters. The number of carbonyl (C=O) groups is 1. The molecule has 20 heavy (non-hydrogen) atoms. The van der Waals surface area contributed by atoms with Gasteiger partial charge in [0.15, 0.2) is 0 Å². The highest BCUT2D eigenvalue weighted by Crippen LogP contribution is 2.22. The minimum atomic E-state index is -0.0229. The predicted octanol–water partition coefficient (Wildman–Crippen LogP) is 2.35. The molecule has 1 aliphatic rings. The summed E-state index contributed by atoms with van der Waals surface area (Å²) >= 11 is 5.99. The first-order valence-corrected chi connectivity index (χ1v) is 6.92. The Labute approximate surface area is 130 Å². The van der Waals surface area contributed by atoms with Crippen LogP contribution in [-0.2, 0) is 4.79 Å². The molecule has 1 saturated heterocycles. The van der Waals surface area contributed by atoms with Gasteiger partial charge in [-0.3, -0.25) is 4.79 Å². The molecule has 0 unspecified atom stereocenters. The average Bonchev–Trinajstić information content (AvgIpc) is 2.94. The molecule has 1 amide bonds. The number of nitrogens with zero attached hydrogens (tertiary/aromatic N) is 1. The standard InChI is InChI=1S/C14H19ClN2O2.ClH/c1-17(14(18)12-6-4-8-16-12)9-10-19-13-7-3-2-5-11(13)15;/h2-3,5,7,12,16H,4,6,8-10H2,1H3;1H/t12-;/m0./s1. The van der Waals surface area contributed by atoms with E-state index in [0.717, 1.165) is 19.4 Å². The zero-order chi connectivity index (χ0) is 13.7. The fourth-order valence-electron chi connectivity index (χ4n) is 2.13. The second-order valence-electron chi connectivity index (χ2n) is 4.69. The molecule has 0 aromatic heterocycles. The van der Waals surface area contributed by atoms with Crippen molar-refractivity contribution in [3.8, 4) is 5.75 Å². The molecule has 1 aromatic carbocycles. The third kappa shape index (κ3) is 4.54. The van der Waals surface area contributed by atoms with E-state index in [9.17, 15) is 4.79 Å². The number of ether oxygens (including phenoxy) is 1. The van der Waals surface area contributed by atoms with E-state index in [0.29, 0.717) is 23.9 Å². The first-order chi connectivity index (χ1) is 9.18. The van der Waals surface area contributed by atoms with E-state index < -0.39 is 0 Å². The Kier molecular flexibility index (Phi) is 7.13. The number of carbonyl (C=O) groups excluding carboxylic acids is 1. The summed E-state index contributed by atoms with van der Waals surface area (Å²) in [5.41, 5.74) is 0. The maximum Gasteiger partial charge on any atom is 0.239 e. The van der Waals surface area contributed by atoms with Gasteiger partial charge in [-0.05, 0) is 31.5 Å². The highest BCUT2D eigenvalue weighted by Gasteiger charge is 2.24. The maximum absolute atomic E-state index is 12.0. The van der Waals surface area contributed by atoms with Gasteiger partial charge in [0.05, 0.1) is 17.6 Å². The Morgan fingerprint density at radius 3 is 2.90 bits per heavy atom. The van der Waals surface area contributed by atoms with Crippen LogP contribution in [0.5, 0.6) is 5.75 Å². The Bertz CT molecular complexity index is 437. The Morgan fingerprint density at radius 1 is 1.50 bits per heavy atom. The molecule has 1 aromatic rings. The fraction of sp³-hybridized carbons (Fsp3) is 0.500. The topological polar surface area (TPSA) is 41.6 Å². The predicted molar refractivity (Wildman–Crippen MR) is 82.9 cm³/mol. The summed E-state index contributed by atoms with van der Waals surface area (Å²) in [6.45, 7) is 1.93. The largest absolute Gasteiger partial charge is 0.490 e. The summed E-state index contributed by atoms with van der Waals surface area (Å²) < 4.78 is 5.57. The molecule has 0 spiro atoms. The van der Waals surface area contributed by atoms with Crippen molar-refractivity contribution >= 4 is 29.9 Å². The average molecular weight is 319 g/mol. The zero-order valence-electron chi connectivity index (χ0n) is 11.5. The molecule has 0 aliphatic carbocycles. The minimum absolute atomic E-state index is 0. The first-order valence-electron chi connectivity index (χ1n) is 6.54. The van der Waals surface area contributed by atoms with Crippen molar-refractivity contribution in [3.05, 3.63) is 29.3 Å². The smallest absolute Gasteiger partial charge is 0.239 e. The van der Waals surface area contributed by atoms with Gasteiger partial charge in [-0.15, -0.1) is 12.4 Å². The summed E-state index contributed by atoms with van der Waals surface area (Å²) in [6.07, 6.45) is 1.99. The van der Waals surface area contributed by atoms with Crippen LogP contribution in [0.4, 0.5) is 0 Å². The maximum atomic E-state index is 12.0. The zero-order valence-corrected chi connectivity index (χ0v) is 13.0. The Balaban J connectivity index is 0.00000200. The van der Waals surface area contributed by atoms with Crippen LogP contribution in [-0.4, -0.2) is 43.6 Å². The van der Waals surface area contributed by atoms with Gasteiger partial charge >= 0.3 is 0 Å². The van der Waals surface area contributed by atoms with Crippen LogP contribution in [0, 0.1) is 0 Å². The lowest BCUT2D eigenvalue weighted by molar-refractivity contribution is -0.132. The number of likely N-dealkylation sites (N-methyl/N-ethyl adjacent to an activating group) is 1. The summed E-state index contributed by atoms with van der Waals surface area (Å²) in [5.74, 6) is 0.796. The lowest BCUT2D eigenvalue weighted by Crippen LogP contribution is -2.43. The third-order valence-electron chi connectivity index (χ3n) is 3.26. The summed E-state index contributed by atoms with van der Waals surface area (Å²) in [7, 11) is 1.80. The first kappa shape index (κ1) is 17.1. The number of halogens is 2. The van der Waals surface area contributed by atoms with Gasteiger partial charge in [0, 0.05) is 7.05 Å². The van der Waals surface area contributed by atoms with Gasteiger partial charge in [-0.25, -0.2) is 0 Å². The summed E-state index contributed by atoms with van der Waals surface area (Å²) in [6, 6.07) is 7.32. The normalized spacial score (nSPS) is 17.4. The lowest BCUT2D eigenvalue weighted by atomic mass is 10.2. The van der Waals surface area contributed by atoms with E-state index in [1.807, 2.05) is 18.2 Å². The number of rotatable bonds is 5. The fourth-order valence-corrected chi connectivity index (χ4v) is 2.32. The van der Waals surface area contributed by atoms with E-state index >= 15 is 0 Å². The van der Waals surface area contributed by atoms with Gasteiger partial charge in [-0.2, -0.15) is 0 Å². The van der Waals surface area contributed by atoms with E-state index in [2.05, 4.69) is 5.32 Å². The molecule has 1 N–H and O–H groups in total. The van der Waals surface area contributed by atoms with Crippen molar-refractivity contribution in [2.45, 2.75) is 18.9 Å². The summed E-state index contributed by atoms with van der Waals surface area (Å²) in [4.78, 5) is 13.7. The minimum Gasteiger partial charge on any atom is -0.490 e. The van der Waals surface area contributed by atoms with Gasteiger partial charge in [0.25, 0.3) is 0 Å². The van der Waals surface area contributed by atoms with Gasteiger partial charge in [0.2, 0.25) is 5.91 Å².